The Bertz CT molecular complexity index is 1320. The van der Waals surface area contributed by atoms with Gasteiger partial charge in [0.1, 0.15) is 17.4 Å². The predicted molar refractivity (Wildman–Crippen MR) is 135 cm³/mol. The highest BCUT2D eigenvalue weighted by Crippen LogP contribution is 2.37. The number of anilines is 1. The van der Waals surface area contributed by atoms with E-state index in [-0.39, 0.29) is 17.0 Å². The highest BCUT2D eigenvalue weighted by Gasteiger charge is 2.26. The second kappa shape index (κ2) is 12.1. The van der Waals surface area contributed by atoms with Crippen molar-refractivity contribution in [3.63, 3.8) is 0 Å². The van der Waals surface area contributed by atoms with Crippen LogP contribution in [0.25, 0.3) is 6.08 Å². The number of benzene rings is 2. The number of nitro benzene ring substituents is 1. The summed E-state index contributed by atoms with van der Waals surface area (Å²) in [6.07, 6.45) is 4.81. The second-order valence-electron chi connectivity index (χ2n) is 8.52. The number of nitrogens with one attached hydrogen (secondary N) is 1. The first-order valence-electron chi connectivity index (χ1n) is 11.8. The Morgan fingerprint density at radius 3 is 2.42 bits per heavy atom. The van der Waals surface area contributed by atoms with Crippen molar-refractivity contribution in [2.75, 3.05) is 31.6 Å². The van der Waals surface area contributed by atoms with E-state index in [2.05, 4.69) is 15.0 Å². The third kappa shape index (κ3) is 6.60. The van der Waals surface area contributed by atoms with E-state index in [0.717, 1.165) is 22.4 Å². The van der Waals surface area contributed by atoms with E-state index in [0.29, 0.717) is 44.8 Å². The number of carbonyl (C=O) groups is 1. The van der Waals surface area contributed by atoms with E-state index in [4.69, 9.17) is 4.74 Å². The van der Waals surface area contributed by atoms with Crippen LogP contribution >= 0.6 is 0 Å². The summed E-state index contributed by atoms with van der Waals surface area (Å²) in [5.74, 6) is -0.677. The molecule has 196 valence electrons. The van der Waals surface area contributed by atoms with Gasteiger partial charge in [0.25, 0.3) is 11.6 Å². The second-order valence-corrected chi connectivity index (χ2v) is 8.52. The number of nitriles is 1. The van der Waals surface area contributed by atoms with Gasteiger partial charge in [0, 0.05) is 36.6 Å². The highest BCUT2D eigenvalue weighted by atomic mass is 19.3. The van der Waals surface area contributed by atoms with Crippen LogP contribution < -0.4 is 10.1 Å². The lowest BCUT2D eigenvalue weighted by Gasteiger charge is -2.31. The third-order valence-corrected chi connectivity index (χ3v) is 6.07. The number of amides is 1. The minimum Gasteiger partial charge on any atom is -0.435 e. The van der Waals surface area contributed by atoms with Gasteiger partial charge >= 0.3 is 6.61 Å². The lowest BCUT2D eigenvalue weighted by atomic mass is 10.1. The number of hydrogen-bond donors (Lipinski definition) is 1. The molecule has 1 aliphatic heterocycles. The maximum atomic E-state index is 12.9. The van der Waals surface area contributed by atoms with Crippen LogP contribution in [0, 0.1) is 21.4 Å². The minimum absolute atomic E-state index is 0.00648. The minimum atomic E-state index is -2.96. The van der Waals surface area contributed by atoms with Crippen molar-refractivity contribution in [1.82, 2.24) is 4.90 Å². The topological polar surface area (TPSA) is 118 Å². The summed E-state index contributed by atoms with van der Waals surface area (Å²) in [5.41, 5.74) is 3.78. The number of non-ortho nitro benzene ring substituents is 1. The van der Waals surface area contributed by atoms with Gasteiger partial charge in [-0.1, -0.05) is 0 Å². The molecular formula is C27H24F2N4O5. The van der Waals surface area contributed by atoms with Gasteiger partial charge in [0.15, 0.2) is 0 Å². The van der Waals surface area contributed by atoms with E-state index in [1.54, 1.807) is 18.2 Å². The van der Waals surface area contributed by atoms with Crippen molar-refractivity contribution in [2.45, 2.75) is 19.5 Å². The summed E-state index contributed by atoms with van der Waals surface area (Å²) in [7, 11) is 0. The van der Waals surface area contributed by atoms with Gasteiger partial charge in [-0.15, -0.1) is 0 Å². The molecule has 38 heavy (non-hydrogen) atoms. The molecule has 1 heterocycles. The largest absolute Gasteiger partial charge is 0.435 e. The number of alkyl halides is 2. The van der Waals surface area contributed by atoms with Crippen molar-refractivity contribution in [1.29, 1.82) is 5.26 Å². The van der Waals surface area contributed by atoms with Crippen molar-refractivity contribution in [2.24, 2.45) is 0 Å². The first kappa shape index (κ1) is 26.5. The lowest BCUT2D eigenvalue weighted by Crippen LogP contribution is -2.36. The molecule has 0 radical (unpaired) electrons. The fourth-order valence-electron chi connectivity index (χ4n) is 4.32. The Hall–Kier alpha value is -4.56. The molecule has 0 spiro atoms. The highest BCUT2D eigenvalue weighted by molar-refractivity contribution is 6.07. The average Bonchev–Trinajstić information content (AvgIpc) is 3.30. The Balaban J connectivity index is 1.61. The van der Waals surface area contributed by atoms with E-state index in [9.17, 15) is 29.0 Å². The molecule has 2 aromatic rings. The number of ether oxygens (including phenoxy) is 2. The Morgan fingerprint density at radius 1 is 1.13 bits per heavy atom. The summed E-state index contributed by atoms with van der Waals surface area (Å²) >= 11 is 0. The van der Waals surface area contributed by atoms with Gasteiger partial charge in [-0.05, 0) is 78.1 Å². The summed E-state index contributed by atoms with van der Waals surface area (Å²) in [6.45, 7) is -0.579. The molecule has 0 saturated carbocycles. The van der Waals surface area contributed by atoms with Crippen LogP contribution in [-0.2, 0) is 9.53 Å². The number of nitro groups is 1. The summed E-state index contributed by atoms with van der Waals surface area (Å²) in [6, 6.07) is 13.6. The molecule has 0 unspecified atom stereocenters. The van der Waals surface area contributed by atoms with Crippen molar-refractivity contribution in [3.05, 3.63) is 92.7 Å². The first-order valence-corrected chi connectivity index (χ1v) is 11.8. The molecule has 1 fully saturated rings. The molecule has 0 bridgehead atoms. The van der Waals surface area contributed by atoms with Crippen LogP contribution in [0.15, 0.2) is 77.0 Å². The van der Waals surface area contributed by atoms with E-state index in [1.165, 1.54) is 36.4 Å². The van der Waals surface area contributed by atoms with Gasteiger partial charge in [-0.3, -0.25) is 14.9 Å². The van der Waals surface area contributed by atoms with Crippen molar-refractivity contribution >= 4 is 23.4 Å². The lowest BCUT2D eigenvalue weighted by molar-refractivity contribution is -0.384. The number of hydrogen-bond acceptors (Lipinski definition) is 7. The number of nitrogens with zero attached hydrogens (tertiary/aromatic N) is 3. The SMILES string of the molecule is N#C/C(=C\C1=C(N2CCOCC2)C(=C/c2ccc([N+](=O)[O-])cc2)/CC1)C(=O)Nc1ccc(OC(F)F)cc1. The standard InChI is InChI=1S/C27H24F2N4O5/c28-27(29)38-24-9-5-22(6-10-24)31-26(34)21(17-30)16-20-4-3-19(25(20)32-11-13-37-14-12-32)15-18-1-7-23(8-2-18)33(35)36/h1-2,5-10,15-16,27H,3-4,11-14H2,(H,31,34)/b19-15+,21-16+. The average molecular weight is 523 g/mol. The van der Waals surface area contributed by atoms with Crippen LogP contribution in [0.1, 0.15) is 18.4 Å². The monoisotopic (exact) mass is 522 g/mol. The molecule has 1 amide bonds. The van der Waals surface area contributed by atoms with Crippen LogP contribution in [-0.4, -0.2) is 48.6 Å². The van der Waals surface area contributed by atoms with Gasteiger partial charge in [-0.25, -0.2) is 0 Å². The number of allylic oxidation sites excluding steroid dienone is 3. The Kier molecular flexibility index (Phi) is 8.45. The maximum absolute atomic E-state index is 12.9. The summed E-state index contributed by atoms with van der Waals surface area (Å²) < 4.78 is 34.5. The molecule has 4 rings (SSSR count). The molecular weight excluding hydrogens is 498 g/mol. The normalized spacial score (nSPS) is 17.1. The van der Waals surface area contributed by atoms with Gasteiger partial charge in [-0.2, -0.15) is 14.0 Å². The Labute approximate surface area is 217 Å². The maximum Gasteiger partial charge on any atom is 0.387 e. The predicted octanol–water partition coefficient (Wildman–Crippen LogP) is 5.05. The van der Waals surface area contributed by atoms with Gasteiger partial charge in [0.05, 0.1) is 18.1 Å². The third-order valence-electron chi connectivity index (χ3n) is 6.07. The zero-order valence-corrected chi connectivity index (χ0v) is 20.2. The quantitative estimate of drug-likeness (QED) is 0.223. The molecule has 2 aromatic carbocycles. The number of carbonyl (C=O) groups excluding carboxylic acids is 1. The van der Waals surface area contributed by atoms with E-state index < -0.39 is 17.4 Å². The molecule has 2 aliphatic rings. The van der Waals surface area contributed by atoms with Gasteiger partial charge < -0.3 is 19.7 Å². The molecule has 1 N–H and O–H groups in total. The van der Waals surface area contributed by atoms with Gasteiger partial charge in [0.2, 0.25) is 0 Å². The number of rotatable bonds is 8. The fraction of sp³-hybridized carbons (Fsp3) is 0.259. The molecule has 0 atom stereocenters. The van der Waals surface area contributed by atoms with Crippen LogP contribution in [0.2, 0.25) is 0 Å². The zero-order valence-electron chi connectivity index (χ0n) is 20.2. The smallest absolute Gasteiger partial charge is 0.387 e. The molecule has 1 aliphatic carbocycles. The zero-order chi connectivity index (χ0) is 27.1. The fourth-order valence-corrected chi connectivity index (χ4v) is 4.32. The number of halogens is 2. The molecule has 9 nitrogen and oxygen atoms in total. The summed E-state index contributed by atoms with van der Waals surface area (Å²) in [4.78, 5) is 25.5. The van der Waals surface area contributed by atoms with Crippen LogP contribution in [0.4, 0.5) is 20.2 Å². The van der Waals surface area contributed by atoms with Crippen LogP contribution in [0.3, 0.4) is 0 Å². The Morgan fingerprint density at radius 2 is 1.82 bits per heavy atom. The first-order chi connectivity index (χ1) is 18.3. The molecule has 0 aromatic heterocycles. The summed E-state index contributed by atoms with van der Waals surface area (Å²) in [5, 5.41) is 23.3. The van der Waals surface area contributed by atoms with Crippen molar-refractivity contribution < 1.29 is 28.0 Å². The van der Waals surface area contributed by atoms with Crippen molar-refractivity contribution in [3.8, 4) is 11.8 Å². The molecule has 1 saturated heterocycles. The van der Waals surface area contributed by atoms with E-state index >= 15 is 0 Å². The van der Waals surface area contributed by atoms with Crippen LogP contribution in [0.5, 0.6) is 5.75 Å². The molecule has 11 heteroatoms. The number of morpholine rings is 1. The van der Waals surface area contributed by atoms with E-state index in [1.807, 2.05) is 12.1 Å².